The number of rotatable bonds is 8. The number of nitrogens with one attached hydrogen (secondary N) is 2. The van der Waals surface area contributed by atoms with Gasteiger partial charge in [0.2, 0.25) is 11.9 Å². The maximum absolute atomic E-state index is 12.5. The van der Waals surface area contributed by atoms with E-state index in [1.807, 2.05) is 55.5 Å². The maximum atomic E-state index is 12.5. The highest BCUT2D eigenvalue weighted by Gasteiger charge is 2.26. The van der Waals surface area contributed by atoms with Crippen molar-refractivity contribution in [2.24, 2.45) is 5.92 Å². The minimum absolute atomic E-state index is 0.0621. The number of amides is 1. The Labute approximate surface area is 198 Å². The van der Waals surface area contributed by atoms with E-state index < -0.39 is 0 Å². The number of anilines is 3. The lowest BCUT2D eigenvalue weighted by molar-refractivity contribution is -0.149. The molecule has 0 radical (unpaired) electrons. The Morgan fingerprint density at radius 3 is 2.44 bits per heavy atom. The van der Waals surface area contributed by atoms with Crippen LogP contribution in [0, 0.1) is 5.92 Å². The van der Waals surface area contributed by atoms with Gasteiger partial charge in [-0.05, 0) is 75.3 Å². The lowest BCUT2D eigenvalue weighted by Gasteiger charge is -2.30. The van der Waals surface area contributed by atoms with Gasteiger partial charge in [-0.15, -0.1) is 0 Å². The monoisotopic (exact) mass is 460 g/mol. The Morgan fingerprint density at radius 2 is 1.74 bits per heavy atom. The van der Waals surface area contributed by atoms with Crippen LogP contribution in [-0.4, -0.2) is 58.0 Å². The van der Waals surface area contributed by atoms with Crippen LogP contribution in [0.1, 0.15) is 19.8 Å². The van der Waals surface area contributed by atoms with Crippen LogP contribution in [0.5, 0.6) is 0 Å². The van der Waals surface area contributed by atoms with E-state index >= 15 is 0 Å². The van der Waals surface area contributed by atoms with E-state index in [4.69, 9.17) is 4.74 Å². The highest BCUT2D eigenvalue weighted by molar-refractivity contribution is 5.92. The van der Waals surface area contributed by atoms with Gasteiger partial charge in [0.15, 0.2) is 0 Å². The SMILES string of the molecule is CCOC(=O)C1CCN(CC(=O)Nc2ccc(Nc3nccc(-c4ccccn4)n3)cc2)CC1. The molecule has 34 heavy (non-hydrogen) atoms. The van der Waals surface area contributed by atoms with Crippen LogP contribution >= 0.6 is 0 Å². The Bertz CT molecular complexity index is 1100. The summed E-state index contributed by atoms with van der Waals surface area (Å²) in [6.07, 6.45) is 4.85. The molecule has 3 heterocycles. The maximum Gasteiger partial charge on any atom is 0.309 e. The zero-order valence-electron chi connectivity index (χ0n) is 19.1. The van der Waals surface area contributed by atoms with E-state index in [1.54, 1.807) is 12.4 Å². The Hall–Kier alpha value is -3.85. The first-order chi connectivity index (χ1) is 16.6. The molecular weight excluding hydrogens is 432 g/mol. The van der Waals surface area contributed by atoms with Gasteiger partial charge < -0.3 is 15.4 Å². The summed E-state index contributed by atoms with van der Waals surface area (Å²) in [5.41, 5.74) is 3.02. The lowest BCUT2D eigenvalue weighted by Crippen LogP contribution is -2.41. The zero-order valence-corrected chi connectivity index (χ0v) is 19.1. The van der Waals surface area contributed by atoms with Gasteiger partial charge in [-0.3, -0.25) is 19.5 Å². The van der Waals surface area contributed by atoms with Crippen LogP contribution in [0.3, 0.4) is 0 Å². The number of carbonyl (C=O) groups excluding carboxylic acids is 2. The Balaban J connectivity index is 1.26. The Morgan fingerprint density at radius 1 is 0.971 bits per heavy atom. The highest BCUT2D eigenvalue weighted by Crippen LogP contribution is 2.21. The summed E-state index contributed by atoms with van der Waals surface area (Å²) in [4.78, 5) is 39.5. The summed E-state index contributed by atoms with van der Waals surface area (Å²) in [7, 11) is 0. The van der Waals surface area contributed by atoms with Crippen molar-refractivity contribution < 1.29 is 14.3 Å². The largest absolute Gasteiger partial charge is 0.466 e. The van der Waals surface area contributed by atoms with Crippen molar-refractivity contribution in [2.75, 3.05) is 36.9 Å². The first kappa shape index (κ1) is 23.3. The second-order valence-electron chi connectivity index (χ2n) is 8.03. The summed E-state index contributed by atoms with van der Waals surface area (Å²) < 4.78 is 5.10. The molecule has 176 valence electrons. The number of esters is 1. The standard InChI is InChI=1S/C25H28N6O3/c1-2-34-24(33)18-11-15-31(16-12-18)17-23(32)28-19-6-8-20(9-7-19)29-25-27-14-10-22(30-25)21-5-3-4-13-26-21/h3-10,13-14,18H,2,11-12,15-17H2,1H3,(H,28,32)(H,27,29,30). The molecule has 0 saturated carbocycles. The third-order valence-electron chi connectivity index (χ3n) is 5.58. The van der Waals surface area contributed by atoms with Crippen LogP contribution in [-0.2, 0) is 14.3 Å². The molecule has 1 aromatic carbocycles. The number of benzene rings is 1. The first-order valence-corrected chi connectivity index (χ1v) is 11.4. The normalized spacial score (nSPS) is 14.4. The summed E-state index contributed by atoms with van der Waals surface area (Å²) in [6.45, 7) is 3.92. The van der Waals surface area contributed by atoms with Crippen molar-refractivity contribution in [3.05, 3.63) is 60.9 Å². The molecule has 9 nitrogen and oxygen atoms in total. The number of ether oxygens (including phenoxy) is 1. The van der Waals surface area contributed by atoms with Gasteiger partial charge in [0.1, 0.15) is 0 Å². The van der Waals surface area contributed by atoms with Crippen molar-refractivity contribution in [3.63, 3.8) is 0 Å². The molecule has 2 N–H and O–H groups in total. The van der Waals surface area contributed by atoms with Crippen molar-refractivity contribution in [1.82, 2.24) is 19.9 Å². The topological polar surface area (TPSA) is 109 Å². The molecule has 0 aliphatic carbocycles. The van der Waals surface area contributed by atoms with Crippen molar-refractivity contribution in [1.29, 1.82) is 0 Å². The minimum Gasteiger partial charge on any atom is -0.466 e. The molecule has 1 aliphatic heterocycles. The second kappa shape index (κ2) is 11.3. The van der Waals surface area contributed by atoms with Gasteiger partial charge in [0, 0.05) is 23.8 Å². The number of nitrogens with zero attached hydrogens (tertiary/aromatic N) is 4. The molecule has 1 saturated heterocycles. The smallest absolute Gasteiger partial charge is 0.309 e. The van der Waals surface area contributed by atoms with Gasteiger partial charge in [0.25, 0.3) is 0 Å². The molecule has 1 aliphatic rings. The number of aromatic nitrogens is 3. The number of hydrogen-bond acceptors (Lipinski definition) is 8. The number of piperidine rings is 1. The molecule has 0 bridgehead atoms. The van der Waals surface area contributed by atoms with E-state index in [1.165, 1.54) is 0 Å². The average Bonchev–Trinajstić information content (AvgIpc) is 2.86. The number of carbonyl (C=O) groups is 2. The quantitative estimate of drug-likeness (QED) is 0.492. The van der Waals surface area contributed by atoms with E-state index in [0.29, 0.717) is 37.9 Å². The fourth-order valence-corrected chi connectivity index (χ4v) is 3.83. The molecular formula is C25H28N6O3. The van der Waals surface area contributed by atoms with Gasteiger partial charge in [-0.1, -0.05) is 6.07 Å². The van der Waals surface area contributed by atoms with Gasteiger partial charge in [-0.25, -0.2) is 9.97 Å². The third kappa shape index (κ3) is 6.35. The second-order valence-corrected chi connectivity index (χ2v) is 8.03. The van der Waals surface area contributed by atoms with E-state index in [0.717, 1.165) is 29.9 Å². The van der Waals surface area contributed by atoms with Gasteiger partial charge >= 0.3 is 5.97 Å². The van der Waals surface area contributed by atoms with Crippen LogP contribution in [0.25, 0.3) is 11.4 Å². The highest BCUT2D eigenvalue weighted by atomic mass is 16.5. The molecule has 1 amide bonds. The minimum atomic E-state index is -0.130. The average molecular weight is 461 g/mol. The summed E-state index contributed by atoms with van der Waals surface area (Å²) in [5, 5.41) is 6.10. The number of hydrogen-bond donors (Lipinski definition) is 2. The summed E-state index contributed by atoms with van der Waals surface area (Å²) >= 11 is 0. The van der Waals surface area contributed by atoms with Crippen molar-refractivity contribution in [2.45, 2.75) is 19.8 Å². The van der Waals surface area contributed by atoms with Crippen LogP contribution in [0.2, 0.25) is 0 Å². The van der Waals surface area contributed by atoms with Crippen LogP contribution < -0.4 is 10.6 Å². The van der Waals surface area contributed by atoms with Gasteiger partial charge in [0.05, 0.1) is 30.5 Å². The molecule has 0 unspecified atom stereocenters. The predicted octanol–water partition coefficient (Wildman–Crippen LogP) is 3.50. The van der Waals surface area contributed by atoms with Gasteiger partial charge in [-0.2, -0.15) is 0 Å². The van der Waals surface area contributed by atoms with Crippen molar-refractivity contribution >= 4 is 29.2 Å². The Kier molecular flexibility index (Phi) is 7.77. The molecule has 9 heteroatoms. The van der Waals surface area contributed by atoms with Crippen molar-refractivity contribution in [3.8, 4) is 11.4 Å². The molecule has 0 spiro atoms. The third-order valence-corrected chi connectivity index (χ3v) is 5.58. The van der Waals surface area contributed by atoms with E-state index in [2.05, 4.69) is 30.5 Å². The van der Waals surface area contributed by atoms with Crippen LogP contribution in [0.15, 0.2) is 60.9 Å². The zero-order chi connectivity index (χ0) is 23.8. The number of likely N-dealkylation sites (tertiary alicyclic amines) is 1. The predicted molar refractivity (Wildman–Crippen MR) is 129 cm³/mol. The van der Waals surface area contributed by atoms with Crippen LogP contribution in [0.4, 0.5) is 17.3 Å². The van der Waals surface area contributed by atoms with E-state index in [9.17, 15) is 9.59 Å². The molecule has 3 aromatic rings. The summed E-state index contributed by atoms with van der Waals surface area (Å²) in [5.74, 6) is 0.190. The number of pyridine rings is 1. The molecule has 0 atom stereocenters. The lowest BCUT2D eigenvalue weighted by atomic mass is 9.97. The molecule has 4 rings (SSSR count). The fourth-order valence-electron chi connectivity index (χ4n) is 3.83. The first-order valence-electron chi connectivity index (χ1n) is 11.4. The molecule has 1 fully saturated rings. The molecule has 2 aromatic heterocycles. The van der Waals surface area contributed by atoms with E-state index in [-0.39, 0.29) is 17.8 Å². The fraction of sp³-hybridized carbons (Fsp3) is 0.320. The summed E-state index contributed by atoms with van der Waals surface area (Å²) in [6, 6.07) is 14.9.